The monoisotopic (exact) mass is 674 g/mol. The summed E-state index contributed by atoms with van der Waals surface area (Å²) >= 11 is 0. The number of unbranched alkanes of at least 4 members (excludes halogenated alkanes) is 4. The van der Waals surface area contributed by atoms with Crippen LogP contribution in [0, 0.1) is 6.92 Å². The lowest BCUT2D eigenvalue weighted by Gasteiger charge is -2.13. The fourth-order valence-electron chi connectivity index (χ4n) is 7.43. The van der Waals surface area contributed by atoms with Crippen LogP contribution in [-0.4, -0.2) is 19.3 Å². The Morgan fingerprint density at radius 1 is 0.627 bits per heavy atom. The molecule has 5 heteroatoms. The van der Waals surface area contributed by atoms with Crippen LogP contribution in [0.5, 0.6) is 11.5 Å². The summed E-state index contributed by atoms with van der Waals surface area (Å²) in [6.45, 7) is 8.88. The van der Waals surface area contributed by atoms with Gasteiger partial charge in [0.1, 0.15) is 17.3 Å². The zero-order valence-corrected chi connectivity index (χ0v) is 30.7. The molecule has 0 atom stereocenters. The van der Waals surface area contributed by atoms with Crippen molar-refractivity contribution in [2.24, 2.45) is 0 Å². The van der Waals surface area contributed by atoms with Crippen molar-refractivity contribution >= 4 is 21.8 Å². The number of hydrogen-bond acceptors (Lipinski definition) is 3. The maximum absolute atomic E-state index is 6.65. The van der Waals surface area contributed by atoms with E-state index in [-0.39, 0.29) is 0 Å². The molecular formula is C46H50N4O. The minimum atomic E-state index is 0.785. The first-order valence-corrected chi connectivity index (χ1v) is 19.0. The van der Waals surface area contributed by atoms with Crippen molar-refractivity contribution in [3.8, 4) is 34.1 Å². The van der Waals surface area contributed by atoms with Crippen molar-refractivity contribution in [3.05, 3.63) is 132 Å². The van der Waals surface area contributed by atoms with Crippen LogP contribution in [0.15, 0.2) is 109 Å². The van der Waals surface area contributed by atoms with E-state index in [0.29, 0.717) is 0 Å². The first kappa shape index (κ1) is 34.3. The van der Waals surface area contributed by atoms with Gasteiger partial charge in [-0.2, -0.15) is 5.10 Å². The Balaban J connectivity index is 1.27. The molecule has 7 rings (SSSR count). The number of fused-ring (bicyclic) bond motifs is 3. The first-order valence-electron chi connectivity index (χ1n) is 19.0. The predicted molar refractivity (Wildman–Crippen MR) is 213 cm³/mol. The van der Waals surface area contributed by atoms with E-state index in [1.54, 1.807) is 0 Å². The molecular weight excluding hydrogens is 625 g/mol. The molecule has 3 aromatic heterocycles. The van der Waals surface area contributed by atoms with E-state index in [0.717, 1.165) is 72.6 Å². The fraction of sp³-hybridized carbons (Fsp3) is 0.304. The number of para-hydroxylation sites is 1. The van der Waals surface area contributed by atoms with Crippen LogP contribution < -0.4 is 4.74 Å². The minimum Gasteiger partial charge on any atom is -0.457 e. The number of pyridine rings is 1. The second-order valence-electron chi connectivity index (χ2n) is 13.9. The molecule has 0 amide bonds. The normalized spacial score (nSPS) is 11.5. The van der Waals surface area contributed by atoms with Crippen molar-refractivity contribution < 1.29 is 4.74 Å². The van der Waals surface area contributed by atoms with E-state index >= 15 is 0 Å². The SMILES string of the molecule is CCCCCCCc1c(-c2ccc(CCC)cc2)c(CCC)nn1-c1cccc(Oc2ccc3c4ccccc4n(-c4cc(C)ccn4)c3c2)c1. The molecule has 0 saturated heterocycles. The number of rotatable bonds is 15. The third-order valence-electron chi connectivity index (χ3n) is 9.91. The summed E-state index contributed by atoms with van der Waals surface area (Å²) in [5.41, 5.74) is 10.9. The number of hydrogen-bond donors (Lipinski definition) is 0. The Morgan fingerprint density at radius 2 is 1.41 bits per heavy atom. The summed E-state index contributed by atoms with van der Waals surface area (Å²) in [6.07, 6.45) is 13.3. The van der Waals surface area contributed by atoms with Crippen LogP contribution in [0.1, 0.15) is 88.2 Å². The van der Waals surface area contributed by atoms with Gasteiger partial charge in [-0.25, -0.2) is 9.67 Å². The van der Waals surface area contributed by atoms with Gasteiger partial charge in [-0.05, 0) is 91.8 Å². The summed E-state index contributed by atoms with van der Waals surface area (Å²) < 4.78 is 11.1. The van der Waals surface area contributed by atoms with Crippen LogP contribution in [0.3, 0.4) is 0 Å². The molecule has 4 aromatic carbocycles. The van der Waals surface area contributed by atoms with E-state index in [1.807, 2.05) is 18.3 Å². The fourth-order valence-corrected chi connectivity index (χ4v) is 7.43. The van der Waals surface area contributed by atoms with Gasteiger partial charge < -0.3 is 4.74 Å². The van der Waals surface area contributed by atoms with Gasteiger partial charge in [0.15, 0.2) is 0 Å². The molecule has 0 N–H and O–H groups in total. The average Bonchev–Trinajstić information content (AvgIpc) is 3.67. The third-order valence-corrected chi connectivity index (χ3v) is 9.91. The van der Waals surface area contributed by atoms with Gasteiger partial charge in [-0.3, -0.25) is 4.57 Å². The highest BCUT2D eigenvalue weighted by molar-refractivity contribution is 6.09. The maximum Gasteiger partial charge on any atom is 0.137 e. The summed E-state index contributed by atoms with van der Waals surface area (Å²) in [7, 11) is 0. The molecule has 51 heavy (non-hydrogen) atoms. The summed E-state index contributed by atoms with van der Waals surface area (Å²) in [6, 6.07) is 36.7. The van der Waals surface area contributed by atoms with E-state index in [1.165, 1.54) is 70.1 Å². The van der Waals surface area contributed by atoms with Gasteiger partial charge in [0.25, 0.3) is 0 Å². The Hall–Kier alpha value is -5.16. The Bertz CT molecular complexity index is 2240. The lowest BCUT2D eigenvalue weighted by Crippen LogP contribution is -2.04. The maximum atomic E-state index is 6.65. The molecule has 0 aliphatic rings. The van der Waals surface area contributed by atoms with E-state index < -0.39 is 0 Å². The third kappa shape index (κ3) is 7.35. The number of benzene rings is 4. The summed E-state index contributed by atoms with van der Waals surface area (Å²) in [5, 5.41) is 7.71. The van der Waals surface area contributed by atoms with E-state index in [9.17, 15) is 0 Å². The van der Waals surface area contributed by atoms with Gasteiger partial charge in [0, 0.05) is 34.7 Å². The second kappa shape index (κ2) is 15.8. The zero-order chi connectivity index (χ0) is 35.2. The zero-order valence-electron chi connectivity index (χ0n) is 30.7. The summed E-state index contributed by atoms with van der Waals surface area (Å²) in [5.74, 6) is 2.47. The van der Waals surface area contributed by atoms with Crippen molar-refractivity contribution in [2.75, 3.05) is 0 Å². The first-order chi connectivity index (χ1) is 25.1. The molecule has 0 radical (unpaired) electrons. The molecule has 0 saturated carbocycles. The molecule has 0 unspecified atom stereocenters. The highest BCUT2D eigenvalue weighted by atomic mass is 16.5. The molecule has 0 fully saturated rings. The van der Waals surface area contributed by atoms with Gasteiger partial charge in [-0.15, -0.1) is 0 Å². The van der Waals surface area contributed by atoms with Gasteiger partial charge in [-0.1, -0.05) is 108 Å². The standard InChI is InChI=1S/C46H50N4O/c1-5-8-9-10-11-21-43-46(35-24-22-34(15-6-2)23-25-35)41(16-7-3)48-50(43)36-17-14-18-37(31-36)51-38-26-27-40-39-19-12-13-20-42(39)49(44(40)32-38)45-30-33(4)28-29-47-45/h12-14,17-20,22-32H,5-11,15-16,21H2,1-4H3. The Morgan fingerprint density at radius 3 is 2.22 bits per heavy atom. The number of aryl methyl sites for hydroxylation is 3. The quantitative estimate of drug-likeness (QED) is 0.102. The van der Waals surface area contributed by atoms with Crippen molar-refractivity contribution in [3.63, 3.8) is 0 Å². The van der Waals surface area contributed by atoms with Crippen LogP contribution in [0.4, 0.5) is 0 Å². The molecule has 0 aliphatic heterocycles. The molecule has 0 bridgehead atoms. The van der Waals surface area contributed by atoms with E-state index in [4.69, 9.17) is 14.8 Å². The van der Waals surface area contributed by atoms with Gasteiger partial charge in [0.2, 0.25) is 0 Å². The predicted octanol–water partition coefficient (Wildman–Crippen LogP) is 12.6. The molecule has 3 heterocycles. The topological polar surface area (TPSA) is 44.9 Å². The molecule has 7 aromatic rings. The molecule has 0 spiro atoms. The van der Waals surface area contributed by atoms with Crippen molar-refractivity contribution in [1.82, 2.24) is 19.3 Å². The second-order valence-corrected chi connectivity index (χ2v) is 13.9. The highest BCUT2D eigenvalue weighted by Crippen LogP contribution is 2.37. The highest BCUT2D eigenvalue weighted by Gasteiger charge is 2.21. The average molecular weight is 675 g/mol. The number of aromatic nitrogens is 4. The molecule has 260 valence electrons. The van der Waals surface area contributed by atoms with Crippen LogP contribution in [0.2, 0.25) is 0 Å². The smallest absolute Gasteiger partial charge is 0.137 e. The Kier molecular flexibility index (Phi) is 10.6. The lowest BCUT2D eigenvalue weighted by atomic mass is 9.96. The Labute approximate surface area is 302 Å². The number of nitrogens with zero attached hydrogens (tertiary/aromatic N) is 4. The van der Waals surface area contributed by atoms with Gasteiger partial charge >= 0.3 is 0 Å². The molecule has 5 nitrogen and oxygen atoms in total. The largest absolute Gasteiger partial charge is 0.457 e. The van der Waals surface area contributed by atoms with Gasteiger partial charge in [0.05, 0.1) is 28.1 Å². The van der Waals surface area contributed by atoms with Crippen LogP contribution in [-0.2, 0) is 19.3 Å². The van der Waals surface area contributed by atoms with E-state index in [2.05, 4.69) is 128 Å². The van der Waals surface area contributed by atoms with Crippen molar-refractivity contribution in [1.29, 1.82) is 0 Å². The van der Waals surface area contributed by atoms with Crippen molar-refractivity contribution in [2.45, 2.75) is 91.9 Å². The van der Waals surface area contributed by atoms with Crippen LogP contribution >= 0.6 is 0 Å². The molecule has 0 aliphatic carbocycles. The lowest BCUT2D eigenvalue weighted by molar-refractivity contribution is 0.482. The number of ether oxygens (including phenoxy) is 1. The minimum absolute atomic E-state index is 0.785. The summed E-state index contributed by atoms with van der Waals surface area (Å²) in [4.78, 5) is 4.75. The van der Waals surface area contributed by atoms with Crippen LogP contribution in [0.25, 0.3) is 44.4 Å².